The molecule has 0 bridgehead atoms. The third-order valence-electron chi connectivity index (χ3n) is 7.00. The summed E-state index contributed by atoms with van der Waals surface area (Å²) in [7, 11) is 1.62. The van der Waals surface area contributed by atoms with Crippen molar-refractivity contribution in [2.45, 2.75) is 12.3 Å². The van der Waals surface area contributed by atoms with Gasteiger partial charge in [-0.05, 0) is 41.8 Å². The van der Waals surface area contributed by atoms with Crippen molar-refractivity contribution < 1.29 is 19.0 Å². The number of benzene rings is 2. The molecule has 0 saturated carbocycles. The van der Waals surface area contributed by atoms with Crippen LogP contribution in [0.2, 0.25) is 0 Å². The Morgan fingerprint density at radius 1 is 1.11 bits per heavy atom. The van der Waals surface area contributed by atoms with Gasteiger partial charge in [-0.1, -0.05) is 12.1 Å². The van der Waals surface area contributed by atoms with Crippen LogP contribution in [-0.2, 0) is 9.53 Å². The smallest absolute Gasteiger partial charge is 0.238 e. The number of ether oxygens (including phenoxy) is 3. The van der Waals surface area contributed by atoms with Gasteiger partial charge >= 0.3 is 0 Å². The minimum atomic E-state index is -0.539. The molecule has 4 heterocycles. The van der Waals surface area contributed by atoms with Gasteiger partial charge in [-0.3, -0.25) is 9.69 Å². The van der Waals surface area contributed by atoms with E-state index >= 15 is 0 Å². The first-order valence-electron chi connectivity index (χ1n) is 12.6. The third-order valence-corrected chi connectivity index (χ3v) is 7.00. The molecule has 2 aliphatic heterocycles. The lowest BCUT2D eigenvalue weighted by Crippen LogP contribution is -2.37. The predicted molar refractivity (Wildman–Crippen MR) is 147 cm³/mol. The molecule has 1 unspecified atom stereocenters. The molecule has 2 aromatic carbocycles. The number of anilines is 1. The number of methoxy groups -OCH3 is 1. The van der Waals surface area contributed by atoms with Gasteiger partial charge in [-0.15, -0.1) is 12.4 Å². The summed E-state index contributed by atoms with van der Waals surface area (Å²) in [6.07, 6.45) is 4.29. The maximum atomic E-state index is 13.2. The minimum absolute atomic E-state index is 0. The molecule has 9 nitrogen and oxygen atoms in total. The van der Waals surface area contributed by atoms with Crippen LogP contribution < -0.4 is 14.8 Å². The summed E-state index contributed by atoms with van der Waals surface area (Å²) < 4.78 is 17.2. The number of rotatable bonds is 8. The fourth-order valence-electron chi connectivity index (χ4n) is 5.09. The Morgan fingerprint density at radius 2 is 1.97 bits per heavy atom. The number of hydrogen-bond acceptors (Lipinski definition) is 7. The molecule has 198 valence electrons. The number of H-pyrrole nitrogens is 1. The summed E-state index contributed by atoms with van der Waals surface area (Å²) in [5, 5.41) is 3.80. The number of carbonyl (C=O) groups excluding carboxylic acids is 1. The fraction of sp³-hybridized carbons (Fsp3) is 0.321. The lowest BCUT2D eigenvalue weighted by atomic mass is 9.93. The molecule has 4 aromatic rings. The lowest BCUT2D eigenvalue weighted by Gasteiger charge is -2.26. The Balaban J connectivity index is 0.00000294. The standard InChI is InChI=1S/C28H29N5O4.ClH/c1-35-24-15-20-22(16-25(24)37-11-3-8-33-9-12-36-13-10-33)30-17-31-27(20)26-19-6-5-18(21-4-2-7-29-21)14-23(19)32-28(26)34;/h2,4-7,14-17,26,29H,3,8-13H2,1H3,(H,32,34);1H. The molecule has 1 amide bonds. The molecule has 10 heteroatoms. The van der Waals surface area contributed by atoms with Crippen LogP contribution in [0.1, 0.15) is 23.6 Å². The van der Waals surface area contributed by atoms with E-state index in [2.05, 4.69) is 25.2 Å². The average Bonchev–Trinajstić information content (AvgIpc) is 3.58. The van der Waals surface area contributed by atoms with Gasteiger partial charge in [0.25, 0.3) is 0 Å². The molecule has 2 aromatic heterocycles. The van der Waals surface area contributed by atoms with E-state index in [0.717, 1.165) is 67.2 Å². The second kappa shape index (κ2) is 11.4. The number of fused-ring (bicyclic) bond motifs is 2. The Kier molecular flexibility index (Phi) is 7.78. The zero-order chi connectivity index (χ0) is 25.2. The molecule has 1 atom stereocenters. The van der Waals surface area contributed by atoms with E-state index in [1.54, 1.807) is 7.11 Å². The number of morpholine rings is 1. The molecule has 6 rings (SSSR count). The number of aromatic amines is 1. The fourth-order valence-corrected chi connectivity index (χ4v) is 5.09. The Labute approximate surface area is 226 Å². The van der Waals surface area contributed by atoms with Crippen molar-refractivity contribution in [1.29, 1.82) is 0 Å². The van der Waals surface area contributed by atoms with E-state index in [1.807, 2.05) is 48.7 Å². The monoisotopic (exact) mass is 535 g/mol. The molecular formula is C28H30ClN5O4. The first-order chi connectivity index (χ1) is 18.2. The highest BCUT2D eigenvalue weighted by Crippen LogP contribution is 2.42. The summed E-state index contributed by atoms with van der Waals surface area (Å²) in [5.41, 5.74) is 5.04. The van der Waals surface area contributed by atoms with Crippen LogP contribution >= 0.6 is 12.4 Å². The molecule has 0 spiro atoms. The van der Waals surface area contributed by atoms with E-state index < -0.39 is 5.92 Å². The van der Waals surface area contributed by atoms with Crippen LogP contribution in [0.15, 0.2) is 55.0 Å². The van der Waals surface area contributed by atoms with Gasteiger partial charge in [-0.25, -0.2) is 9.97 Å². The molecule has 1 saturated heterocycles. The summed E-state index contributed by atoms with van der Waals surface area (Å²) in [5.74, 6) is 0.577. The van der Waals surface area contributed by atoms with E-state index in [0.29, 0.717) is 29.3 Å². The Bertz CT molecular complexity index is 1420. The number of nitrogens with one attached hydrogen (secondary N) is 2. The first-order valence-corrected chi connectivity index (χ1v) is 12.6. The Morgan fingerprint density at radius 3 is 2.76 bits per heavy atom. The first kappa shape index (κ1) is 26.0. The number of halogens is 1. The third kappa shape index (κ3) is 5.05. The maximum absolute atomic E-state index is 13.2. The van der Waals surface area contributed by atoms with Crippen molar-refractivity contribution in [3.63, 3.8) is 0 Å². The summed E-state index contributed by atoms with van der Waals surface area (Å²) in [6.45, 7) is 5.04. The number of carbonyl (C=O) groups is 1. The topological polar surface area (TPSA) is 102 Å². The second-order valence-corrected chi connectivity index (χ2v) is 9.24. The highest BCUT2D eigenvalue weighted by molar-refractivity contribution is 6.07. The van der Waals surface area contributed by atoms with Crippen LogP contribution in [0.3, 0.4) is 0 Å². The number of aromatic nitrogens is 3. The summed E-state index contributed by atoms with van der Waals surface area (Å²) in [6, 6.07) is 13.7. The van der Waals surface area contributed by atoms with E-state index in [1.165, 1.54) is 6.33 Å². The van der Waals surface area contributed by atoms with Gasteiger partial charge in [0, 0.05) is 48.7 Å². The molecule has 0 aliphatic carbocycles. The molecule has 0 radical (unpaired) electrons. The zero-order valence-electron chi connectivity index (χ0n) is 21.1. The molecule has 2 N–H and O–H groups in total. The van der Waals surface area contributed by atoms with Crippen molar-refractivity contribution in [3.05, 3.63) is 66.2 Å². The number of nitrogens with zero attached hydrogens (tertiary/aromatic N) is 3. The highest BCUT2D eigenvalue weighted by atomic mass is 35.5. The van der Waals surface area contributed by atoms with Gasteiger partial charge in [0.15, 0.2) is 11.5 Å². The number of hydrogen-bond donors (Lipinski definition) is 2. The van der Waals surface area contributed by atoms with Gasteiger partial charge in [0.2, 0.25) is 5.91 Å². The van der Waals surface area contributed by atoms with Gasteiger partial charge in [0.05, 0.1) is 38.1 Å². The molecular weight excluding hydrogens is 506 g/mol. The predicted octanol–water partition coefficient (Wildman–Crippen LogP) is 4.24. The van der Waals surface area contributed by atoms with Crippen molar-refractivity contribution in [3.8, 4) is 22.8 Å². The van der Waals surface area contributed by atoms with Crippen molar-refractivity contribution >= 4 is 34.9 Å². The van der Waals surface area contributed by atoms with E-state index in [-0.39, 0.29) is 18.3 Å². The van der Waals surface area contributed by atoms with Gasteiger partial charge in [-0.2, -0.15) is 0 Å². The molecule has 2 aliphatic rings. The van der Waals surface area contributed by atoms with Crippen LogP contribution in [0, 0.1) is 0 Å². The second-order valence-electron chi connectivity index (χ2n) is 9.24. The minimum Gasteiger partial charge on any atom is -0.493 e. The molecule has 1 fully saturated rings. The van der Waals surface area contributed by atoms with Gasteiger partial charge < -0.3 is 24.5 Å². The van der Waals surface area contributed by atoms with Gasteiger partial charge in [0.1, 0.15) is 12.2 Å². The Hall–Kier alpha value is -3.66. The van der Waals surface area contributed by atoms with E-state index in [4.69, 9.17) is 14.2 Å². The quantitative estimate of drug-likeness (QED) is 0.325. The van der Waals surface area contributed by atoms with Crippen molar-refractivity contribution in [2.24, 2.45) is 0 Å². The van der Waals surface area contributed by atoms with Crippen LogP contribution in [0.4, 0.5) is 5.69 Å². The lowest BCUT2D eigenvalue weighted by molar-refractivity contribution is -0.116. The molecule has 38 heavy (non-hydrogen) atoms. The summed E-state index contributed by atoms with van der Waals surface area (Å²) >= 11 is 0. The maximum Gasteiger partial charge on any atom is 0.238 e. The number of amides is 1. The average molecular weight is 536 g/mol. The SMILES string of the molecule is COc1cc2c(C3C(=O)Nc4cc(-c5ccc[nH]5)ccc43)ncnc2cc1OCCCN1CCOCC1.Cl. The zero-order valence-corrected chi connectivity index (χ0v) is 21.9. The highest BCUT2D eigenvalue weighted by Gasteiger charge is 2.35. The largest absolute Gasteiger partial charge is 0.493 e. The van der Waals surface area contributed by atoms with Crippen LogP contribution in [-0.4, -0.2) is 72.3 Å². The van der Waals surface area contributed by atoms with Crippen molar-refractivity contribution in [1.82, 2.24) is 19.9 Å². The van der Waals surface area contributed by atoms with E-state index in [9.17, 15) is 4.79 Å². The summed E-state index contributed by atoms with van der Waals surface area (Å²) in [4.78, 5) is 27.8. The van der Waals surface area contributed by atoms with Crippen LogP contribution in [0.5, 0.6) is 11.5 Å². The van der Waals surface area contributed by atoms with Crippen molar-refractivity contribution in [2.75, 3.05) is 51.9 Å². The van der Waals surface area contributed by atoms with Crippen LogP contribution in [0.25, 0.3) is 22.2 Å². The normalized spacial score (nSPS) is 17.1.